The minimum Gasteiger partial charge on any atom is -0.383 e. The zero-order chi connectivity index (χ0) is 15.2. The molecule has 0 spiro atoms. The Bertz CT molecular complexity index is 595. The molecular weight excluding hydrogens is 278 g/mol. The number of hydrogen-bond donors (Lipinski definition) is 1. The van der Waals surface area contributed by atoms with Gasteiger partial charge in [0.25, 0.3) is 0 Å². The normalized spacial score (nSPS) is 22.6. The van der Waals surface area contributed by atoms with E-state index in [0.717, 1.165) is 0 Å². The second-order valence-electron chi connectivity index (χ2n) is 6.28. The summed E-state index contributed by atoms with van der Waals surface area (Å²) in [5.41, 5.74) is 4.60. The van der Waals surface area contributed by atoms with Crippen molar-refractivity contribution >= 4 is 15.8 Å². The first-order valence-electron chi connectivity index (χ1n) is 6.44. The van der Waals surface area contributed by atoms with Gasteiger partial charge in [0.2, 0.25) is 10.0 Å². The number of sulfonamides is 1. The molecule has 1 aliphatic heterocycles. The fraction of sp³-hybridized carbons (Fsp3) is 0.615. The number of rotatable bonds is 2. The summed E-state index contributed by atoms with van der Waals surface area (Å²) < 4.78 is 32.8. The Morgan fingerprint density at radius 1 is 1.25 bits per heavy atom. The summed E-state index contributed by atoms with van der Waals surface area (Å²) in [5, 5.41) is 0. The summed E-state index contributed by atoms with van der Waals surface area (Å²) >= 11 is 0. The molecule has 112 valence electrons. The van der Waals surface area contributed by atoms with Gasteiger partial charge in [-0.05, 0) is 39.8 Å². The summed E-state index contributed by atoms with van der Waals surface area (Å²) in [4.78, 5) is 3.90. The van der Waals surface area contributed by atoms with Gasteiger partial charge in [0.15, 0.2) is 0 Å². The molecule has 1 aliphatic rings. The van der Waals surface area contributed by atoms with Crippen LogP contribution in [0.25, 0.3) is 0 Å². The van der Waals surface area contributed by atoms with E-state index in [1.54, 1.807) is 6.07 Å². The minimum atomic E-state index is -3.67. The molecular formula is C13H21N3O3S. The lowest BCUT2D eigenvalue weighted by Gasteiger charge is -2.46. The Labute approximate surface area is 120 Å². The summed E-state index contributed by atoms with van der Waals surface area (Å²) in [5.74, 6) is 0.0228. The molecule has 0 saturated carbocycles. The highest BCUT2D eigenvalue weighted by Crippen LogP contribution is 2.32. The maximum atomic E-state index is 12.7. The molecule has 2 N–H and O–H groups in total. The molecule has 0 radical (unpaired) electrons. The number of nitrogens with two attached hydrogens (primary N) is 1. The Hall–Kier alpha value is -1.18. The van der Waals surface area contributed by atoms with Gasteiger partial charge in [-0.1, -0.05) is 0 Å². The van der Waals surface area contributed by atoms with Crippen molar-refractivity contribution in [3.8, 4) is 0 Å². The Morgan fingerprint density at radius 3 is 2.30 bits per heavy atom. The van der Waals surface area contributed by atoms with Gasteiger partial charge >= 0.3 is 0 Å². The van der Waals surface area contributed by atoms with Crippen molar-refractivity contribution in [1.29, 1.82) is 0 Å². The van der Waals surface area contributed by atoms with Crippen molar-refractivity contribution in [2.45, 2.75) is 43.8 Å². The lowest BCUT2D eigenvalue weighted by molar-refractivity contribution is -0.163. The molecule has 1 saturated heterocycles. The van der Waals surface area contributed by atoms with Gasteiger partial charge in [-0.25, -0.2) is 13.4 Å². The van der Waals surface area contributed by atoms with Gasteiger partial charge in [-0.15, -0.1) is 0 Å². The molecule has 0 atom stereocenters. The highest BCUT2D eigenvalue weighted by Gasteiger charge is 2.43. The quantitative estimate of drug-likeness (QED) is 0.888. The van der Waals surface area contributed by atoms with E-state index in [0.29, 0.717) is 0 Å². The second kappa shape index (κ2) is 4.68. The van der Waals surface area contributed by atoms with E-state index in [4.69, 9.17) is 10.5 Å². The second-order valence-corrected chi connectivity index (χ2v) is 8.19. The number of morpholine rings is 1. The fourth-order valence-electron chi connectivity index (χ4n) is 2.65. The molecule has 0 amide bonds. The minimum absolute atomic E-state index is 0.0228. The van der Waals surface area contributed by atoms with Gasteiger partial charge in [-0.2, -0.15) is 4.31 Å². The molecule has 1 fully saturated rings. The standard InChI is InChI=1S/C13H21N3O3S/c1-12(2)8-16(9-13(3,4)19-12)20(17,18)10-6-5-7-15-11(10)14/h5-7H,8-9H2,1-4H3,(H2,14,15). The van der Waals surface area contributed by atoms with Crippen LogP contribution in [-0.4, -0.2) is 42.0 Å². The smallest absolute Gasteiger partial charge is 0.246 e. The van der Waals surface area contributed by atoms with E-state index in [1.807, 2.05) is 27.7 Å². The van der Waals surface area contributed by atoms with Crippen molar-refractivity contribution < 1.29 is 13.2 Å². The van der Waals surface area contributed by atoms with Crippen LogP contribution in [-0.2, 0) is 14.8 Å². The molecule has 0 aliphatic carbocycles. The third-order valence-electron chi connectivity index (χ3n) is 3.08. The van der Waals surface area contributed by atoms with Gasteiger partial charge in [0, 0.05) is 19.3 Å². The topological polar surface area (TPSA) is 85.5 Å². The molecule has 2 heterocycles. The molecule has 0 bridgehead atoms. The highest BCUT2D eigenvalue weighted by molar-refractivity contribution is 7.89. The predicted octanol–water partition coefficient (Wildman–Crippen LogP) is 1.24. The van der Waals surface area contributed by atoms with Crippen LogP contribution in [0.1, 0.15) is 27.7 Å². The van der Waals surface area contributed by atoms with Crippen LogP contribution >= 0.6 is 0 Å². The lowest BCUT2D eigenvalue weighted by atomic mass is 10.0. The van der Waals surface area contributed by atoms with Crippen LogP contribution in [0.15, 0.2) is 23.2 Å². The fourth-order valence-corrected chi connectivity index (χ4v) is 4.46. The largest absolute Gasteiger partial charge is 0.383 e. The average molecular weight is 299 g/mol. The van der Waals surface area contributed by atoms with E-state index >= 15 is 0 Å². The number of ether oxygens (including phenoxy) is 1. The van der Waals surface area contributed by atoms with E-state index in [1.165, 1.54) is 16.6 Å². The monoisotopic (exact) mass is 299 g/mol. The Balaban J connectivity index is 2.42. The first kappa shape index (κ1) is 15.2. The van der Waals surface area contributed by atoms with Crippen LogP contribution < -0.4 is 5.73 Å². The molecule has 20 heavy (non-hydrogen) atoms. The third-order valence-corrected chi connectivity index (χ3v) is 4.92. The van der Waals surface area contributed by atoms with E-state index in [2.05, 4.69) is 4.98 Å². The van der Waals surface area contributed by atoms with Crippen LogP contribution in [0, 0.1) is 0 Å². The summed E-state index contributed by atoms with van der Waals surface area (Å²) in [6.45, 7) is 8.08. The van der Waals surface area contributed by atoms with Crippen LogP contribution in [0.2, 0.25) is 0 Å². The van der Waals surface area contributed by atoms with Gasteiger partial charge < -0.3 is 10.5 Å². The van der Waals surface area contributed by atoms with Crippen molar-refractivity contribution in [3.63, 3.8) is 0 Å². The lowest BCUT2D eigenvalue weighted by Crippen LogP contribution is -2.58. The predicted molar refractivity (Wildman–Crippen MR) is 76.7 cm³/mol. The van der Waals surface area contributed by atoms with Crippen molar-refractivity contribution in [3.05, 3.63) is 18.3 Å². The van der Waals surface area contributed by atoms with E-state index < -0.39 is 21.2 Å². The average Bonchev–Trinajstić information content (AvgIpc) is 2.25. The first-order chi connectivity index (χ1) is 9.04. The van der Waals surface area contributed by atoms with Gasteiger partial charge in [0.1, 0.15) is 10.7 Å². The molecule has 0 unspecified atom stereocenters. The number of pyridine rings is 1. The van der Waals surface area contributed by atoms with Crippen LogP contribution in [0.4, 0.5) is 5.82 Å². The number of nitrogen functional groups attached to an aromatic ring is 1. The summed E-state index contributed by atoms with van der Waals surface area (Å²) in [6, 6.07) is 3.05. The van der Waals surface area contributed by atoms with Gasteiger partial charge in [0.05, 0.1) is 11.2 Å². The van der Waals surface area contributed by atoms with Crippen molar-refractivity contribution in [2.24, 2.45) is 0 Å². The maximum Gasteiger partial charge on any atom is 0.246 e. The zero-order valence-electron chi connectivity index (χ0n) is 12.3. The number of anilines is 1. The van der Waals surface area contributed by atoms with Gasteiger partial charge in [-0.3, -0.25) is 0 Å². The number of nitrogens with zero attached hydrogens (tertiary/aromatic N) is 2. The van der Waals surface area contributed by atoms with E-state index in [-0.39, 0.29) is 23.8 Å². The molecule has 1 aromatic rings. The van der Waals surface area contributed by atoms with Crippen molar-refractivity contribution in [2.75, 3.05) is 18.8 Å². The number of aromatic nitrogens is 1. The Kier molecular flexibility index (Phi) is 3.56. The zero-order valence-corrected chi connectivity index (χ0v) is 13.1. The molecule has 0 aromatic carbocycles. The molecule has 7 heteroatoms. The van der Waals surface area contributed by atoms with E-state index in [9.17, 15) is 8.42 Å². The van der Waals surface area contributed by atoms with Crippen LogP contribution in [0.3, 0.4) is 0 Å². The van der Waals surface area contributed by atoms with Crippen molar-refractivity contribution in [1.82, 2.24) is 9.29 Å². The molecule has 1 aromatic heterocycles. The number of hydrogen-bond acceptors (Lipinski definition) is 5. The molecule has 2 rings (SSSR count). The third kappa shape index (κ3) is 2.94. The SMILES string of the molecule is CC1(C)CN(S(=O)(=O)c2cccnc2N)CC(C)(C)O1. The first-order valence-corrected chi connectivity index (χ1v) is 7.88. The molecule has 6 nitrogen and oxygen atoms in total. The van der Waals surface area contributed by atoms with Crippen LogP contribution in [0.5, 0.6) is 0 Å². The summed E-state index contributed by atoms with van der Waals surface area (Å²) in [6.07, 6.45) is 1.47. The Morgan fingerprint density at radius 2 is 1.80 bits per heavy atom. The maximum absolute atomic E-state index is 12.7. The highest BCUT2D eigenvalue weighted by atomic mass is 32.2. The summed E-state index contributed by atoms with van der Waals surface area (Å²) in [7, 11) is -3.67.